The molecule has 0 amide bonds. The molecular weight excluding hydrogens is 608 g/mol. The fraction of sp³-hybridized carbons (Fsp3) is 0.372. The van der Waals surface area contributed by atoms with Crippen LogP contribution >= 0.6 is 0 Å². The van der Waals surface area contributed by atoms with Gasteiger partial charge in [-0.15, -0.1) is 0 Å². The predicted octanol–water partition coefficient (Wildman–Crippen LogP) is 11.3. The van der Waals surface area contributed by atoms with E-state index in [1.165, 1.54) is 50.1 Å². The van der Waals surface area contributed by atoms with Gasteiger partial charge in [0.15, 0.2) is 0 Å². The van der Waals surface area contributed by atoms with Crippen LogP contribution in [-0.2, 0) is 38.5 Å². The molecule has 1 unspecified atom stereocenters. The summed E-state index contributed by atoms with van der Waals surface area (Å²) in [7, 11) is 0. The molecule has 0 nitrogen and oxygen atoms in total. The van der Waals surface area contributed by atoms with Crippen molar-refractivity contribution < 1.29 is 21.3 Å². The molecule has 0 bridgehead atoms. The summed E-state index contributed by atoms with van der Waals surface area (Å²) in [5.74, 6) is 0.498. The van der Waals surface area contributed by atoms with Crippen molar-refractivity contribution in [1.82, 2.24) is 0 Å². The van der Waals surface area contributed by atoms with E-state index in [1.807, 2.05) is 0 Å². The minimum absolute atomic E-state index is 0.0177. The molecule has 44 heavy (non-hydrogen) atoms. The Hall–Kier alpha value is -2.63. The number of hydrogen-bond donors (Lipinski definition) is 0. The quantitative estimate of drug-likeness (QED) is 0.206. The Morgan fingerprint density at radius 1 is 0.773 bits per heavy atom. The van der Waals surface area contributed by atoms with Gasteiger partial charge < -0.3 is 0 Å². The summed E-state index contributed by atoms with van der Waals surface area (Å²) in [6, 6.07) is 21.4. The molecule has 0 heterocycles. The van der Waals surface area contributed by atoms with E-state index >= 15 is 0 Å². The first-order valence-electron chi connectivity index (χ1n) is 16.6. The standard InChI is InChI=1S/C25H25.C11H17.C7H6.Zr/c1-14-12-24(3,4)22-8-16-7-17-9-23-19(15(2)13-25(23,5)6)11-21(17)20(16)10-18(14)22;1-8-6-9(2)10(7-8)11(3,4)5;1-7-5-3-2-4-6-7;/h8-12H,7H2,1-6H3;7-8H,1-5H3;1-6H;. The predicted molar refractivity (Wildman–Crippen MR) is 188 cm³/mol. The van der Waals surface area contributed by atoms with Crippen LogP contribution in [0.3, 0.4) is 0 Å². The molecule has 4 aliphatic carbocycles. The molecule has 224 valence electrons. The van der Waals surface area contributed by atoms with Gasteiger partial charge in [0.05, 0.1) is 0 Å². The molecule has 3 aromatic rings. The zero-order valence-corrected chi connectivity index (χ0v) is 31.2. The molecule has 3 aromatic carbocycles. The van der Waals surface area contributed by atoms with Gasteiger partial charge in [-0.05, 0) is 0 Å². The van der Waals surface area contributed by atoms with E-state index in [-0.39, 0.29) is 16.2 Å². The molecule has 0 saturated carbocycles. The summed E-state index contributed by atoms with van der Waals surface area (Å²) >= 11 is -2.52. The van der Waals surface area contributed by atoms with Gasteiger partial charge in [0.1, 0.15) is 0 Å². The summed E-state index contributed by atoms with van der Waals surface area (Å²) in [4.78, 5) is 0. The normalized spacial score (nSPS) is 21.3. The van der Waals surface area contributed by atoms with Gasteiger partial charge in [-0.3, -0.25) is 0 Å². The van der Waals surface area contributed by atoms with E-state index in [4.69, 9.17) is 0 Å². The third-order valence-corrected chi connectivity index (χ3v) is 19.9. The van der Waals surface area contributed by atoms with Gasteiger partial charge in [0, 0.05) is 0 Å². The fourth-order valence-corrected chi connectivity index (χ4v) is 17.9. The van der Waals surface area contributed by atoms with Gasteiger partial charge in [-0.2, -0.15) is 0 Å². The molecule has 1 heteroatoms. The van der Waals surface area contributed by atoms with Crippen molar-refractivity contribution in [1.29, 1.82) is 0 Å². The summed E-state index contributed by atoms with van der Waals surface area (Å²) in [6.07, 6.45) is 6.10. The van der Waals surface area contributed by atoms with E-state index in [0.29, 0.717) is 5.92 Å². The first kappa shape index (κ1) is 30.0. The Labute approximate surface area is 273 Å². The van der Waals surface area contributed by atoms with E-state index in [2.05, 4.69) is 147 Å². The molecule has 0 aromatic heterocycles. The average Bonchev–Trinajstić information content (AvgIpc) is 3.58. The summed E-state index contributed by atoms with van der Waals surface area (Å²) in [5, 5.41) is 0. The Morgan fingerprint density at radius 2 is 1.39 bits per heavy atom. The van der Waals surface area contributed by atoms with Crippen molar-refractivity contribution in [2.45, 2.75) is 93.4 Å². The number of rotatable bonds is 3. The monoisotopic (exact) mass is 654 g/mol. The molecule has 1 atom stereocenters. The maximum absolute atomic E-state index is 2.76. The third kappa shape index (κ3) is 4.43. The van der Waals surface area contributed by atoms with Crippen molar-refractivity contribution in [3.05, 3.63) is 123 Å². The Morgan fingerprint density at radius 3 is 2.00 bits per heavy atom. The fourth-order valence-electron chi connectivity index (χ4n) is 9.15. The van der Waals surface area contributed by atoms with Gasteiger partial charge >= 0.3 is 275 Å². The van der Waals surface area contributed by atoms with Crippen molar-refractivity contribution >= 4 is 14.9 Å². The van der Waals surface area contributed by atoms with Gasteiger partial charge in [-0.1, -0.05) is 0 Å². The van der Waals surface area contributed by atoms with Crippen molar-refractivity contribution in [3.8, 4) is 11.1 Å². The number of allylic oxidation sites excluding steroid dienone is 8. The summed E-state index contributed by atoms with van der Waals surface area (Å²) in [6.45, 7) is 26.6. The van der Waals surface area contributed by atoms with Crippen molar-refractivity contribution in [3.63, 3.8) is 0 Å². The zero-order chi connectivity index (χ0) is 31.5. The van der Waals surface area contributed by atoms with Crippen LogP contribution in [-0.4, -0.2) is 3.71 Å². The van der Waals surface area contributed by atoms with Gasteiger partial charge in [0.25, 0.3) is 0 Å². The van der Waals surface area contributed by atoms with Gasteiger partial charge in [0.2, 0.25) is 0 Å². The molecule has 0 spiro atoms. The molecular formula is C43H48Zr. The molecule has 0 saturated heterocycles. The maximum atomic E-state index is 2.76. The van der Waals surface area contributed by atoms with E-state index in [1.54, 1.807) is 28.8 Å². The zero-order valence-electron chi connectivity index (χ0n) is 28.7. The van der Waals surface area contributed by atoms with E-state index < -0.39 is 21.3 Å². The van der Waals surface area contributed by atoms with Crippen LogP contribution in [0.5, 0.6) is 0 Å². The first-order valence-corrected chi connectivity index (χ1v) is 20.4. The molecule has 0 N–H and O–H groups in total. The Bertz CT molecular complexity index is 1920. The van der Waals surface area contributed by atoms with Gasteiger partial charge in [-0.25, -0.2) is 0 Å². The summed E-state index contributed by atoms with van der Waals surface area (Å²) < 4.78 is 6.30. The number of fused-ring (bicyclic) bond motifs is 5. The third-order valence-electron chi connectivity index (χ3n) is 11.1. The summed E-state index contributed by atoms with van der Waals surface area (Å²) in [5.41, 5.74) is 19.7. The topological polar surface area (TPSA) is 0 Å². The van der Waals surface area contributed by atoms with Crippen LogP contribution < -0.4 is 0 Å². The number of hydrogen-bond acceptors (Lipinski definition) is 0. The molecule has 0 fully saturated rings. The van der Waals surface area contributed by atoms with E-state index in [9.17, 15) is 0 Å². The van der Waals surface area contributed by atoms with Crippen LogP contribution in [0.1, 0.15) is 115 Å². The second-order valence-corrected chi connectivity index (χ2v) is 21.4. The first-order chi connectivity index (χ1) is 20.6. The average molecular weight is 656 g/mol. The molecule has 7 rings (SSSR count). The van der Waals surface area contributed by atoms with Crippen LogP contribution in [0.25, 0.3) is 22.3 Å². The minimum atomic E-state index is -2.52. The van der Waals surface area contributed by atoms with Crippen molar-refractivity contribution in [2.75, 3.05) is 0 Å². The van der Waals surface area contributed by atoms with Crippen LogP contribution in [0.15, 0.2) is 84.5 Å². The number of benzene rings is 3. The Balaban J connectivity index is 1.42. The van der Waals surface area contributed by atoms with Crippen molar-refractivity contribution in [2.24, 2.45) is 11.3 Å². The second kappa shape index (κ2) is 9.93. The molecule has 4 aliphatic rings. The second-order valence-electron chi connectivity index (χ2n) is 16.1. The molecule has 0 radical (unpaired) electrons. The van der Waals surface area contributed by atoms with E-state index in [0.717, 1.165) is 6.42 Å². The SMILES string of the molecule is CC1=CC(C)(C)c2cc3c(cc21)-c1cc2c(cc1C3)C(C)(C)[C]([Zr](=[CH]c1ccccc1)[C]1=C(C)C(C(C)(C)C)=CC1C)=C2C. The van der Waals surface area contributed by atoms with Crippen LogP contribution in [0, 0.1) is 11.3 Å². The Kier molecular flexibility index (Phi) is 6.78. The van der Waals surface area contributed by atoms with Crippen LogP contribution in [0.4, 0.5) is 0 Å². The van der Waals surface area contributed by atoms with Crippen LogP contribution in [0.2, 0.25) is 0 Å². The molecule has 0 aliphatic heterocycles.